The first kappa shape index (κ1) is 13.7. The van der Waals surface area contributed by atoms with Gasteiger partial charge in [0.05, 0.1) is 5.69 Å². The zero-order chi connectivity index (χ0) is 12.4. The van der Waals surface area contributed by atoms with Crippen molar-refractivity contribution >= 4 is 0 Å². The van der Waals surface area contributed by atoms with Crippen molar-refractivity contribution in [2.24, 2.45) is 0 Å². The smallest absolute Gasteiger partial charge is 0.0715 e. The van der Waals surface area contributed by atoms with Gasteiger partial charge in [-0.15, -0.1) is 6.07 Å². The molecule has 0 saturated heterocycles. The zero-order valence-corrected chi connectivity index (χ0v) is 12.9. The predicted octanol–water partition coefficient (Wildman–Crippen LogP) is 3.65. The summed E-state index contributed by atoms with van der Waals surface area (Å²) >= 11 is 0. The summed E-state index contributed by atoms with van der Waals surface area (Å²) in [5.41, 5.74) is 4.40. The van der Waals surface area contributed by atoms with Crippen LogP contribution in [0.2, 0.25) is 0 Å². The zero-order valence-electron chi connectivity index (χ0n) is 10.5. The van der Waals surface area contributed by atoms with Gasteiger partial charge in [0.1, 0.15) is 0 Å². The van der Waals surface area contributed by atoms with Gasteiger partial charge in [-0.1, -0.05) is 37.3 Å². The van der Waals surface area contributed by atoms with E-state index in [0.717, 1.165) is 16.9 Å². The number of nitrogens with zero attached hydrogens (tertiary/aromatic N) is 2. The summed E-state index contributed by atoms with van der Waals surface area (Å²) in [6.07, 6.45) is 1.82. The van der Waals surface area contributed by atoms with Crippen LogP contribution in [0.1, 0.15) is 5.56 Å². The van der Waals surface area contributed by atoms with Gasteiger partial charge in [0.2, 0.25) is 0 Å². The van der Waals surface area contributed by atoms with Gasteiger partial charge in [-0.2, -0.15) is 28.9 Å². The van der Waals surface area contributed by atoms with Crippen molar-refractivity contribution in [1.82, 2.24) is 9.78 Å². The molecule has 0 N–H and O–H groups in total. The van der Waals surface area contributed by atoms with Gasteiger partial charge in [0, 0.05) is 31.9 Å². The minimum atomic E-state index is 0. The second-order valence-corrected chi connectivity index (χ2v) is 4.25. The topological polar surface area (TPSA) is 17.8 Å². The summed E-state index contributed by atoms with van der Waals surface area (Å²) in [6.45, 7) is 2.06. The van der Waals surface area contributed by atoms with Gasteiger partial charge in [-0.25, -0.2) is 0 Å². The molecule has 0 aliphatic carbocycles. The molecule has 0 aliphatic rings. The molecule has 1 heterocycles. The normalized spacial score (nSPS) is 9.95. The molecule has 19 heavy (non-hydrogen) atoms. The first-order valence-corrected chi connectivity index (χ1v) is 5.93. The van der Waals surface area contributed by atoms with E-state index >= 15 is 0 Å². The van der Waals surface area contributed by atoms with Crippen LogP contribution in [0.25, 0.3) is 16.9 Å². The molecule has 0 spiro atoms. The molecule has 0 atom stereocenters. The van der Waals surface area contributed by atoms with Crippen molar-refractivity contribution in [3.63, 3.8) is 0 Å². The first-order valence-electron chi connectivity index (χ1n) is 5.93. The minimum Gasteiger partial charge on any atom is -0.258 e. The van der Waals surface area contributed by atoms with Crippen molar-refractivity contribution in [1.29, 1.82) is 0 Å². The van der Waals surface area contributed by atoms with Crippen molar-refractivity contribution in [2.45, 2.75) is 6.92 Å². The fourth-order valence-corrected chi connectivity index (χ4v) is 1.95. The van der Waals surface area contributed by atoms with Crippen molar-refractivity contribution in [2.75, 3.05) is 0 Å². The second kappa shape index (κ2) is 5.96. The summed E-state index contributed by atoms with van der Waals surface area (Å²) in [5, 5.41) is 4.38. The van der Waals surface area contributed by atoms with E-state index in [-0.39, 0.29) is 20.1 Å². The second-order valence-electron chi connectivity index (χ2n) is 4.25. The number of hydrogen-bond acceptors (Lipinski definition) is 1. The van der Waals surface area contributed by atoms with E-state index in [2.05, 4.69) is 36.3 Å². The number of hydrogen-bond donors (Lipinski definition) is 0. The van der Waals surface area contributed by atoms with E-state index in [4.69, 9.17) is 0 Å². The maximum atomic E-state index is 4.38. The Morgan fingerprint density at radius 2 is 1.79 bits per heavy atom. The molecule has 3 rings (SSSR count). The molecule has 0 aliphatic heterocycles. The molecule has 1 radical (unpaired) electrons. The van der Waals surface area contributed by atoms with Crippen LogP contribution in [-0.2, 0) is 20.1 Å². The molecule has 2 nitrogen and oxygen atoms in total. The van der Waals surface area contributed by atoms with Gasteiger partial charge in [0.25, 0.3) is 0 Å². The van der Waals surface area contributed by atoms with Gasteiger partial charge in [-0.05, 0) is 11.8 Å². The van der Waals surface area contributed by atoms with Crippen LogP contribution in [0.4, 0.5) is 0 Å². The monoisotopic (exact) mass is 426 g/mol. The van der Waals surface area contributed by atoms with E-state index in [1.54, 1.807) is 0 Å². The average molecular weight is 426 g/mol. The van der Waals surface area contributed by atoms with Crippen LogP contribution < -0.4 is 0 Å². The van der Waals surface area contributed by atoms with E-state index in [0.29, 0.717) is 0 Å². The summed E-state index contributed by atoms with van der Waals surface area (Å²) in [4.78, 5) is 0. The van der Waals surface area contributed by atoms with E-state index < -0.39 is 0 Å². The Bertz CT molecular complexity index is 642. The largest absolute Gasteiger partial charge is 0.258 e. The van der Waals surface area contributed by atoms with E-state index in [1.807, 2.05) is 47.3 Å². The molecule has 2 aromatic carbocycles. The van der Waals surface area contributed by atoms with Gasteiger partial charge in [0.15, 0.2) is 0 Å². The Kier molecular flexibility index (Phi) is 4.31. The molecule has 3 aromatic rings. The molecule has 0 unspecified atom stereocenters. The maximum absolute atomic E-state index is 4.38. The van der Waals surface area contributed by atoms with Gasteiger partial charge >= 0.3 is 0 Å². The van der Waals surface area contributed by atoms with Gasteiger partial charge < -0.3 is 0 Å². The Balaban J connectivity index is 0.00000133. The van der Waals surface area contributed by atoms with E-state index in [9.17, 15) is 0 Å². The summed E-state index contributed by atoms with van der Waals surface area (Å²) in [6, 6.07) is 21.6. The quantitative estimate of drug-likeness (QED) is 0.573. The fraction of sp³-hybridized carbons (Fsp3) is 0.0625. The third-order valence-electron chi connectivity index (χ3n) is 2.89. The fourth-order valence-electron chi connectivity index (χ4n) is 1.95. The Hall–Kier alpha value is -1.70. The Morgan fingerprint density at radius 3 is 2.47 bits per heavy atom. The van der Waals surface area contributed by atoms with Crippen LogP contribution >= 0.6 is 0 Å². The van der Waals surface area contributed by atoms with Gasteiger partial charge in [-0.3, -0.25) is 4.68 Å². The molecule has 0 saturated carbocycles. The van der Waals surface area contributed by atoms with E-state index in [1.165, 1.54) is 5.56 Å². The summed E-state index contributed by atoms with van der Waals surface area (Å²) in [5.74, 6) is 0. The molecular weight excluding hydrogens is 412 g/mol. The molecular formula is C16H13IrN2-. The first-order chi connectivity index (χ1) is 8.84. The standard InChI is InChI=1S/C16H13N2.Ir/c1-13-7-9-15(10-8-13)18-16(11-12-17-18)14-5-3-2-4-6-14;/h2-9,11-12H,1H3;/q-1;. The molecule has 97 valence electrons. The predicted molar refractivity (Wildman–Crippen MR) is 72.6 cm³/mol. The Labute approximate surface area is 126 Å². The molecule has 0 bridgehead atoms. The maximum Gasteiger partial charge on any atom is 0.0715 e. The summed E-state index contributed by atoms with van der Waals surface area (Å²) in [7, 11) is 0. The van der Waals surface area contributed by atoms with Crippen LogP contribution in [0.5, 0.6) is 0 Å². The van der Waals surface area contributed by atoms with Crippen molar-refractivity contribution in [3.8, 4) is 16.9 Å². The minimum absolute atomic E-state index is 0. The Morgan fingerprint density at radius 1 is 1.00 bits per heavy atom. The van der Waals surface area contributed by atoms with Crippen molar-refractivity contribution < 1.29 is 20.1 Å². The SMILES string of the molecule is Cc1c[c-]c(-n2nccc2-c2ccccc2)cc1.[Ir]. The molecule has 3 heteroatoms. The van der Waals surface area contributed by atoms with Crippen LogP contribution in [0.3, 0.4) is 0 Å². The van der Waals surface area contributed by atoms with Crippen molar-refractivity contribution in [3.05, 3.63) is 72.4 Å². The molecule has 0 amide bonds. The number of aromatic nitrogens is 2. The third-order valence-corrected chi connectivity index (χ3v) is 2.89. The van der Waals surface area contributed by atoms with Crippen LogP contribution in [-0.4, -0.2) is 9.78 Å². The average Bonchev–Trinajstić information content (AvgIpc) is 2.90. The third kappa shape index (κ3) is 2.83. The van der Waals surface area contributed by atoms with Crippen LogP contribution in [0.15, 0.2) is 60.8 Å². The number of aryl methyl sites for hydroxylation is 1. The molecule has 1 aromatic heterocycles. The number of benzene rings is 2. The molecule has 0 fully saturated rings. The summed E-state index contributed by atoms with van der Waals surface area (Å²) < 4.78 is 1.91. The number of rotatable bonds is 2. The van der Waals surface area contributed by atoms with Crippen LogP contribution in [0, 0.1) is 13.0 Å².